The van der Waals surface area contributed by atoms with Gasteiger partial charge in [-0.05, 0) is 59.0 Å². The molecule has 0 N–H and O–H groups in total. The van der Waals surface area contributed by atoms with Crippen molar-refractivity contribution in [1.29, 1.82) is 0 Å². The molecule has 2 rings (SSSR count). The van der Waals surface area contributed by atoms with Crippen molar-refractivity contribution < 1.29 is 9.53 Å². The van der Waals surface area contributed by atoms with Crippen LogP contribution in [0.3, 0.4) is 0 Å². The fourth-order valence-electron chi connectivity index (χ4n) is 1.53. The second kappa shape index (κ2) is 5.31. The van der Waals surface area contributed by atoms with Crippen LogP contribution in [0, 0.1) is 3.57 Å². The first-order valence-corrected chi connectivity index (χ1v) is 6.23. The maximum atomic E-state index is 12.2. The molecule has 2 nitrogen and oxygen atoms in total. The van der Waals surface area contributed by atoms with Crippen LogP contribution in [0.4, 0.5) is 0 Å². The van der Waals surface area contributed by atoms with Gasteiger partial charge in [0.05, 0.1) is 7.11 Å². The van der Waals surface area contributed by atoms with Gasteiger partial charge in [0.1, 0.15) is 5.75 Å². The van der Waals surface area contributed by atoms with Gasteiger partial charge in [-0.3, -0.25) is 4.79 Å². The van der Waals surface area contributed by atoms with Gasteiger partial charge in [-0.25, -0.2) is 0 Å². The number of methoxy groups -OCH3 is 1. The minimum absolute atomic E-state index is 0.0142. The summed E-state index contributed by atoms with van der Waals surface area (Å²) >= 11 is 2.21. The Bertz CT molecular complexity index is 532. The summed E-state index contributed by atoms with van der Waals surface area (Å²) in [6.45, 7) is 0. The number of ketones is 1. The van der Waals surface area contributed by atoms with Crippen molar-refractivity contribution in [2.45, 2.75) is 0 Å². The number of carbonyl (C=O) groups excluding carboxylic acids is 1. The highest BCUT2D eigenvalue weighted by atomic mass is 127. The number of carbonyl (C=O) groups is 1. The summed E-state index contributed by atoms with van der Waals surface area (Å²) in [7, 11) is 1.59. The minimum atomic E-state index is 0.0142. The number of halogens is 1. The van der Waals surface area contributed by atoms with E-state index in [-0.39, 0.29) is 5.78 Å². The van der Waals surface area contributed by atoms with Crippen molar-refractivity contribution in [2.24, 2.45) is 0 Å². The molecule has 0 aliphatic rings. The van der Waals surface area contributed by atoms with E-state index in [9.17, 15) is 4.79 Å². The fraction of sp³-hybridized carbons (Fsp3) is 0.0714. The lowest BCUT2D eigenvalue weighted by Crippen LogP contribution is -2.01. The van der Waals surface area contributed by atoms with Crippen LogP contribution in [-0.2, 0) is 0 Å². The van der Waals surface area contributed by atoms with Gasteiger partial charge in [0.2, 0.25) is 0 Å². The molecule has 0 radical (unpaired) electrons. The van der Waals surface area contributed by atoms with Crippen molar-refractivity contribution in [3.63, 3.8) is 0 Å². The van der Waals surface area contributed by atoms with Gasteiger partial charge in [0.15, 0.2) is 5.78 Å². The van der Waals surface area contributed by atoms with E-state index in [2.05, 4.69) is 22.6 Å². The first kappa shape index (κ1) is 12.1. The molecule has 0 bridgehead atoms. The zero-order chi connectivity index (χ0) is 12.3. The molecule has 0 aliphatic heterocycles. The summed E-state index contributed by atoms with van der Waals surface area (Å²) in [6.07, 6.45) is 0. The van der Waals surface area contributed by atoms with Gasteiger partial charge in [0.25, 0.3) is 0 Å². The molecule has 86 valence electrons. The van der Waals surface area contributed by atoms with Crippen molar-refractivity contribution in [3.05, 3.63) is 63.2 Å². The third-order valence-corrected chi connectivity index (χ3v) is 3.16. The molecular formula is C14H11IO2. The van der Waals surface area contributed by atoms with E-state index in [1.165, 1.54) is 0 Å². The van der Waals surface area contributed by atoms with E-state index < -0.39 is 0 Å². The van der Waals surface area contributed by atoms with Crippen LogP contribution in [0.25, 0.3) is 0 Å². The van der Waals surface area contributed by atoms with E-state index in [4.69, 9.17) is 4.74 Å². The van der Waals surface area contributed by atoms with E-state index in [0.29, 0.717) is 16.9 Å². The van der Waals surface area contributed by atoms with E-state index >= 15 is 0 Å². The summed E-state index contributed by atoms with van der Waals surface area (Å²) in [6, 6.07) is 14.7. The molecule has 0 saturated heterocycles. The molecule has 2 aromatic carbocycles. The van der Waals surface area contributed by atoms with Crippen molar-refractivity contribution in [1.82, 2.24) is 0 Å². The average molecular weight is 338 g/mol. The van der Waals surface area contributed by atoms with E-state index in [0.717, 1.165) is 3.57 Å². The van der Waals surface area contributed by atoms with Crippen LogP contribution in [0.2, 0.25) is 0 Å². The lowest BCUT2D eigenvalue weighted by Gasteiger charge is -2.04. The van der Waals surface area contributed by atoms with Crippen LogP contribution in [0.15, 0.2) is 48.5 Å². The van der Waals surface area contributed by atoms with Crippen molar-refractivity contribution in [2.75, 3.05) is 7.11 Å². The van der Waals surface area contributed by atoms with E-state index in [1.807, 2.05) is 36.4 Å². The maximum Gasteiger partial charge on any atom is 0.193 e. The Balaban J connectivity index is 2.33. The van der Waals surface area contributed by atoms with Crippen molar-refractivity contribution in [3.8, 4) is 5.75 Å². The standard InChI is InChI=1S/C14H11IO2/c1-17-13-4-2-3-11(9-13)14(16)10-5-7-12(15)8-6-10/h2-9H,1H3. The molecule has 0 heterocycles. The zero-order valence-electron chi connectivity index (χ0n) is 9.31. The Kier molecular flexibility index (Phi) is 3.78. The molecule has 0 saturated carbocycles. The van der Waals surface area contributed by atoms with Crippen LogP contribution in [0.1, 0.15) is 15.9 Å². The second-order valence-corrected chi connectivity index (χ2v) is 4.81. The minimum Gasteiger partial charge on any atom is -0.497 e. The third-order valence-electron chi connectivity index (χ3n) is 2.44. The predicted molar refractivity (Wildman–Crippen MR) is 75.6 cm³/mol. The van der Waals surface area contributed by atoms with Crippen LogP contribution >= 0.6 is 22.6 Å². The molecule has 0 fully saturated rings. The van der Waals surface area contributed by atoms with Gasteiger partial charge < -0.3 is 4.74 Å². The maximum absolute atomic E-state index is 12.2. The first-order valence-electron chi connectivity index (χ1n) is 5.15. The normalized spacial score (nSPS) is 10.0. The molecular weight excluding hydrogens is 327 g/mol. The van der Waals surface area contributed by atoms with Crippen LogP contribution in [-0.4, -0.2) is 12.9 Å². The highest BCUT2D eigenvalue weighted by Gasteiger charge is 2.09. The Hall–Kier alpha value is -1.36. The molecule has 0 unspecified atom stereocenters. The number of rotatable bonds is 3. The van der Waals surface area contributed by atoms with Gasteiger partial charge >= 0.3 is 0 Å². The van der Waals surface area contributed by atoms with Crippen LogP contribution < -0.4 is 4.74 Å². The summed E-state index contributed by atoms with van der Waals surface area (Å²) in [5.74, 6) is 0.710. The summed E-state index contributed by atoms with van der Waals surface area (Å²) in [4.78, 5) is 12.2. The molecule has 3 heteroatoms. The molecule has 2 aromatic rings. The fourth-order valence-corrected chi connectivity index (χ4v) is 1.89. The molecule has 0 aromatic heterocycles. The Morgan fingerprint density at radius 1 is 1.06 bits per heavy atom. The Labute approximate surface area is 114 Å². The summed E-state index contributed by atoms with van der Waals surface area (Å²) in [5, 5.41) is 0. The molecule has 0 amide bonds. The highest BCUT2D eigenvalue weighted by molar-refractivity contribution is 14.1. The van der Waals surface area contributed by atoms with Gasteiger partial charge in [-0.15, -0.1) is 0 Å². The van der Waals surface area contributed by atoms with Gasteiger partial charge in [-0.2, -0.15) is 0 Å². The SMILES string of the molecule is COc1cccc(C(=O)c2ccc(I)cc2)c1. The topological polar surface area (TPSA) is 26.3 Å². The molecule has 0 spiro atoms. The zero-order valence-corrected chi connectivity index (χ0v) is 11.5. The quantitative estimate of drug-likeness (QED) is 0.632. The number of benzene rings is 2. The van der Waals surface area contributed by atoms with Crippen molar-refractivity contribution >= 4 is 28.4 Å². The number of hydrogen-bond acceptors (Lipinski definition) is 2. The third kappa shape index (κ3) is 2.85. The Morgan fingerprint density at radius 3 is 2.41 bits per heavy atom. The monoisotopic (exact) mass is 338 g/mol. The first-order chi connectivity index (χ1) is 8.20. The molecule has 0 atom stereocenters. The van der Waals surface area contributed by atoms with Crippen LogP contribution in [0.5, 0.6) is 5.75 Å². The predicted octanol–water partition coefficient (Wildman–Crippen LogP) is 3.53. The average Bonchev–Trinajstić information content (AvgIpc) is 2.39. The lowest BCUT2D eigenvalue weighted by molar-refractivity contribution is 0.103. The smallest absolute Gasteiger partial charge is 0.193 e. The van der Waals surface area contributed by atoms with Gasteiger partial charge in [0, 0.05) is 14.7 Å². The number of hydrogen-bond donors (Lipinski definition) is 0. The second-order valence-electron chi connectivity index (χ2n) is 3.57. The largest absolute Gasteiger partial charge is 0.497 e. The summed E-state index contributed by atoms with van der Waals surface area (Å²) in [5.41, 5.74) is 1.34. The number of ether oxygens (including phenoxy) is 1. The summed E-state index contributed by atoms with van der Waals surface area (Å²) < 4.78 is 6.22. The highest BCUT2D eigenvalue weighted by Crippen LogP contribution is 2.17. The van der Waals surface area contributed by atoms with Gasteiger partial charge in [-0.1, -0.05) is 12.1 Å². The molecule has 0 aliphatic carbocycles. The van der Waals surface area contributed by atoms with E-state index in [1.54, 1.807) is 19.2 Å². The molecule has 17 heavy (non-hydrogen) atoms. The lowest BCUT2D eigenvalue weighted by atomic mass is 10.0. The Morgan fingerprint density at radius 2 is 1.76 bits per heavy atom.